The van der Waals surface area contributed by atoms with Crippen molar-refractivity contribution in [3.05, 3.63) is 47.3 Å². The van der Waals surface area contributed by atoms with E-state index in [2.05, 4.69) is 42.9 Å². The topological polar surface area (TPSA) is 67.9 Å². The third-order valence-electron chi connectivity index (χ3n) is 4.79. The number of ether oxygens (including phenoxy) is 1. The first-order chi connectivity index (χ1) is 13.9. The minimum Gasteiger partial charge on any atom is -0.423 e. The molecule has 0 aliphatic carbocycles. The normalized spacial score (nSPS) is 12.9. The highest BCUT2D eigenvalue weighted by molar-refractivity contribution is 6.88. The first kappa shape index (κ1) is 23.6. The number of nitriles is 1. The number of hydrogen-bond donors (Lipinski definition) is 0. The largest absolute Gasteiger partial charge is 0.423 e. The summed E-state index contributed by atoms with van der Waals surface area (Å²) in [5, 5.41) is 15.8. The maximum atomic E-state index is 12.7. The van der Waals surface area contributed by atoms with Crippen LogP contribution in [-0.2, 0) is 23.0 Å². The zero-order valence-corrected chi connectivity index (χ0v) is 20.5. The van der Waals surface area contributed by atoms with E-state index in [1.165, 1.54) is 5.19 Å². The minimum atomic E-state index is -1.45. The Morgan fingerprint density at radius 1 is 1.20 bits per heavy atom. The molecule has 0 spiro atoms. The van der Waals surface area contributed by atoms with Gasteiger partial charge in [-0.15, -0.1) is 0 Å². The van der Waals surface area contributed by atoms with Gasteiger partial charge in [0.15, 0.2) is 5.76 Å². The molecule has 0 amide bonds. The molecule has 0 N–H and O–H groups in total. The second kappa shape index (κ2) is 9.01. The molecular formula is C24H33N3O2Si. The lowest BCUT2D eigenvalue weighted by molar-refractivity contribution is -0.138. The number of benzene rings is 1. The molecule has 0 bridgehead atoms. The molecule has 1 aromatic heterocycles. The summed E-state index contributed by atoms with van der Waals surface area (Å²) in [5.41, 5.74) is 2.36. The van der Waals surface area contributed by atoms with E-state index in [1.54, 1.807) is 11.7 Å². The van der Waals surface area contributed by atoms with Gasteiger partial charge in [0.05, 0.1) is 20.2 Å². The summed E-state index contributed by atoms with van der Waals surface area (Å²) in [6.07, 6.45) is 1.01. The average Bonchev–Trinajstić information content (AvgIpc) is 3.00. The molecule has 2 rings (SSSR count). The van der Waals surface area contributed by atoms with Crippen molar-refractivity contribution in [1.82, 2.24) is 9.78 Å². The van der Waals surface area contributed by atoms with Crippen LogP contribution >= 0.6 is 0 Å². The molecule has 30 heavy (non-hydrogen) atoms. The fourth-order valence-corrected chi connectivity index (χ4v) is 4.28. The molecular weight excluding hydrogens is 390 g/mol. The average molecular weight is 424 g/mol. The predicted octanol–water partition coefficient (Wildman–Crippen LogP) is 4.90. The van der Waals surface area contributed by atoms with E-state index in [-0.39, 0.29) is 23.6 Å². The maximum absolute atomic E-state index is 12.7. The number of carbonyl (C=O) groups excluding carboxylic acids is 1. The van der Waals surface area contributed by atoms with Crippen molar-refractivity contribution in [3.63, 3.8) is 0 Å². The van der Waals surface area contributed by atoms with Crippen LogP contribution in [0, 0.1) is 16.7 Å². The van der Waals surface area contributed by atoms with Crippen LogP contribution in [0.4, 0.5) is 0 Å². The fraction of sp³-hybridized carbons (Fsp3) is 0.458. The standard InChI is InChI=1S/C24H33N3O2Si/c1-9-18-14-21(27(5)26-18)23(29-22(28)15-24(2,3)4)20(16-25)17-10-12-19(13-11-17)30(6,7)8/h10-14H,9,15H2,1-8H3/b23-20-. The summed E-state index contributed by atoms with van der Waals surface area (Å²) < 4.78 is 7.50. The molecule has 0 unspecified atom stereocenters. The van der Waals surface area contributed by atoms with Crippen LogP contribution in [0.25, 0.3) is 11.3 Å². The lowest BCUT2D eigenvalue weighted by Gasteiger charge is -2.19. The lowest BCUT2D eigenvalue weighted by atomic mass is 9.92. The van der Waals surface area contributed by atoms with E-state index >= 15 is 0 Å². The van der Waals surface area contributed by atoms with Gasteiger partial charge in [0.1, 0.15) is 17.3 Å². The van der Waals surface area contributed by atoms with Gasteiger partial charge in [0, 0.05) is 7.05 Å². The van der Waals surface area contributed by atoms with Gasteiger partial charge in [-0.05, 0) is 23.5 Å². The molecule has 1 aromatic carbocycles. The number of aryl methyl sites for hydroxylation is 2. The van der Waals surface area contributed by atoms with Crippen molar-refractivity contribution >= 4 is 30.6 Å². The van der Waals surface area contributed by atoms with Crippen LogP contribution in [0.3, 0.4) is 0 Å². The molecule has 0 aliphatic heterocycles. The predicted molar refractivity (Wildman–Crippen MR) is 125 cm³/mol. The van der Waals surface area contributed by atoms with Crippen LogP contribution in [-0.4, -0.2) is 23.8 Å². The molecule has 0 fully saturated rings. The Balaban J connectivity index is 2.61. The van der Waals surface area contributed by atoms with Crippen LogP contribution < -0.4 is 5.19 Å². The van der Waals surface area contributed by atoms with Crippen molar-refractivity contribution in [2.45, 2.75) is 60.2 Å². The van der Waals surface area contributed by atoms with Gasteiger partial charge in [0.25, 0.3) is 0 Å². The van der Waals surface area contributed by atoms with Crippen molar-refractivity contribution in [3.8, 4) is 6.07 Å². The highest BCUT2D eigenvalue weighted by Gasteiger charge is 2.24. The van der Waals surface area contributed by atoms with E-state index in [0.29, 0.717) is 11.3 Å². The van der Waals surface area contributed by atoms with Crippen molar-refractivity contribution in [2.75, 3.05) is 0 Å². The second-order valence-corrected chi connectivity index (χ2v) is 14.9. The Morgan fingerprint density at radius 3 is 2.23 bits per heavy atom. The van der Waals surface area contributed by atoms with E-state index in [4.69, 9.17) is 4.74 Å². The minimum absolute atomic E-state index is 0.213. The van der Waals surface area contributed by atoms with E-state index in [9.17, 15) is 10.1 Å². The highest BCUT2D eigenvalue weighted by Crippen LogP contribution is 2.30. The first-order valence-electron chi connectivity index (χ1n) is 10.3. The molecule has 6 heteroatoms. The quantitative estimate of drug-likeness (QED) is 0.287. The molecule has 160 valence electrons. The smallest absolute Gasteiger partial charge is 0.311 e. The van der Waals surface area contributed by atoms with Crippen molar-refractivity contribution in [1.29, 1.82) is 5.26 Å². The summed E-state index contributed by atoms with van der Waals surface area (Å²) in [6, 6.07) is 12.2. The number of allylic oxidation sites excluding steroid dienone is 1. The summed E-state index contributed by atoms with van der Waals surface area (Å²) in [6.45, 7) is 14.8. The van der Waals surface area contributed by atoms with Crippen LogP contribution in [0.15, 0.2) is 30.3 Å². The molecule has 0 aliphatic rings. The number of aromatic nitrogens is 2. The Morgan fingerprint density at radius 2 is 1.80 bits per heavy atom. The zero-order valence-electron chi connectivity index (χ0n) is 19.5. The zero-order chi connectivity index (χ0) is 22.7. The van der Waals surface area contributed by atoms with Gasteiger partial charge in [0.2, 0.25) is 0 Å². The maximum Gasteiger partial charge on any atom is 0.311 e. The summed E-state index contributed by atoms with van der Waals surface area (Å²) >= 11 is 0. The van der Waals surface area contributed by atoms with Gasteiger partial charge in [-0.2, -0.15) is 10.4 Å². The van der Waals surface area contributed by atoms with Crippen LogP contribution in [0.2, 0.25) is 19.6 Å². The molecule has 2 aromatic rings. The van der Waals surface area contributed by atoms with Gasteiger partial charge < -0.3 is 4.74 Å². The number of nitrogens with zero attached hydrogens (tertiary/aromatic N) is 3. The molecule has 5 nitrogen and oxygen atoms in total. The lowest BCUT2D eigenvalue weighted by Crippen LogP contribution is -2.37. The monoisotopic (exact) mass is 423 g/mol. The second-order valence-electron chi connectivity index (χ2n) is 9.85. The van der Waals surface area contributed by atoms with Crippen molar-refractivity contribution in [2.24, 2.45) is 12.5 Å². The highest BCUT2D eigenvalue weighted by atomic mass is 28.3. The number of esters is 1. The Hall–Kier alpha value is -2.65. The number of hydrogen-bond acceptors (Lipinski definition) is 4. The van der Waals surface area contributed by atoms with Gasteiger partial charge in [-0.3, -0.25) is 9.48 Å². The van der Waals surface area contributed by atoms with Crippen molar-refractivity contribution < 1.29 is 9.53 Å². The van der Waals surface area contributed by atoms with Crippen LogP contribution in [0.1, 0.15) is 51.1 Å². The molecule has 0 saturated carbocycles. The number of carbonyl (C=O) groups is 1. The third-order valence-corrected chi connectivity index (χ3v) is 6.86. The van der Waals surface area contributed by atoms with Gasteiger partial charge in [-0.1, -0.05) is 76.8 Å². The Kier molecular flexibility index (Phi) is 7.09. The Bertz CT molecular complexity index is 981. The summed E-state index contributed by atoms with van der Waals surface area (Å²) in [4.78, 5) is 12.7. The molecule has 0 saturated heterocycles. The first-order valence-corrected chi connectivity index (χ1v) is 13.8. The Labute approximate surface area is 181 Å². The summed E-state index contributed by atoms with van der Waals surface area (Å²) in [7, 11) is 0.347. The van der Waals surface area contributed by atoms with Gasteiger partial charge >= 0.3 is 5.97 Å². The van der Waals surface area contributed by atoms with E-state index in [1.807, 2.05) is 45.9 Å². The summed E-state index contributed by atoms with van der Waals surface area (Å²) in [5.74, 6) is -0.0922. The molecule has 1 heterocycles. The third kappa shape index (κ3) is 5.93. The van der Waals surface area contributed by atoms with Crippen LogP contribution in [0.5, 0.6) is 0 Å². The van der Waals surface area contributed by atoms with E-state index < -0.39 is 8.07 Å². The van der Waals surface area contributed by atoms with Gasteiger partial charge in [-0.25, -0.2) is 0 Å². The fourth-order valence-electron chi connectivity index (χ4n) is 3.11. The molecule has 0 atom stereocenters. The SMILES string of the molecule is CCc1cc(/C(OC(=O)CC(C)(C)C)=C(\C#N)c2ccc([Si](C)(C)C)cc2)n(C)n1. The van der Waals surface area contributed by atoms with E-state index in [0.717, 1.165) is 17.7 Å². The number of rotatable bonds is 6. The molecule has 0 radical (unpaired) electrons.